The molecular weight excluding hydrogens is 272 g/mol. The first kappa shape index (κ1) is 13.4. The molecule has 0 radical (unpaired) electrons. The zero-order valence-electron chi connectivity index (χ0n) is 10.7. The van der Waals surface area contributed by atoms with Gasteiger partial charge in [-0.05, 0) is 0 Å². The Labute approximate surface area is 115 Å². The van der Waals surface area contributed by atoms with Gasteiger partial charge in [0.2, 0.25) is 5.88 Å². The Bertz CT molecular complexity index is 598. The average Bonchev–Trinajstić information content (AvgIpc) is 2.83. The maximum absolute atomic E-state index is 6.15. The van der Waals surface area contributed by atoms with E-state index in [1.807, 2.05) is 0 Å². The van der Waals surface area contributed by atoms with E-state index in [9.17, 15) is 0 Å². The zero-order valence-corrected chi connectivity index (χ0v) is 11.4. The monoisotopic (exact) mass is 284 g/mol. The van der Waals surface area contributed by atoms with Gasteiger partial charge in [0, 0.05) is 12.1 Å². The largest absolute Gasteiger partial charge is 0.494 e. The Morgan fingerprint density at radius 3 is 2.26 bits per heavy atom. The molecule has 102 valence electrons. The highest BCUT2D eigenvalue weighted by Gasteiger charge is 2.23. The molecule has 1 heterocycles. The first-order valence-electron chi connectivity index (χ1n) is 5.33. The first-order valence-corrected chi connectivity index (χ1v) is 5.71. The van der Waals surface area contributed by atoms with Gasteiger partial charge in [-0.2, -0.15) is 0 Å². The lowest BCUT2D eigenvalue weighted by Gasteiger charge is -2.15. The lowest BCUT2D eigenvalue weighted by atomic mass is 10.1. The topological polar surface area (TPSA) is 79.7 Å². The smallest absolute Gasteiger partial charge is 0.222 e. The number of aromatic nitrogens is 1. The van der Waals surface area contributed by atoms with Crippen molar-refractivity contribution in [2.45, 2.75) is 0 Å². The number of hydrogen-bond donors (Lipinski definition) is 1. The number of methoxy groups -OCH3 is 3. The number of rotatable bonds is 4. The van der Waals surface area contributed by atoms with Crippen molar-refractivity contribution < 1.29 is 18.7 Å². The molecule has 0 aliphatic rings. The van der Waals surface area contributed by atoms with Crippen molar-refractivity contribution in [2.75, 3.05) is 27.1 Å². The number of halogens is 1. The highest BCUT2D eigenvalue weighted by Crippen LogP contribution is 2.48. The third-order valence-corrected chi connectivity index (χ3v) is 2.85. The maximum Gasteiger partial charge on any atom is 0.222 e. The SMILES string of the molecule is COc1cc(Cl)c(OC)c(-c2cc(N)on2)c1OC. The van der Waals surface area contributed by atoms with Crippen molar-refractivity contribution in [2.24, 2.45) is 0 Å². The molecule has 0 amide bonds. The molecule has 0 saturated carbocycles. The van der Waals surface area contributed by atoms with Gasteiger partial charge >= 0.3 is 0 Å². The molecule has 0 aliphatic carbocycles. The van der Waals surface area contributed by atoms with Crippen molar-refractivity contribution in [1.82, 2.24) is 5.16 Å². The van der Waals surface area contributed by atoms with Crippen LogP contribution in [0.1, 0.15) is 0 Å². The summed E-state index contributed by atoms with van der Waals surface area (Å²) in [4.78, 5) is 0. The van der Waals surface area contributed by atoms with Gasteiger partial charge in [0.25, 0.3) is 0 Å². The minimum Gasteiger partial charge on any atom is -0.494 e. The van der Waals surface area contributed by atoms with E-state index in [4.69, 9.17) is 36.1 Å². The molecule has 2 N–H and O–H groups in total. The zero-order chi connectivity index (χ0) is 14.0. The predicted octanol–water partition coefficient (Wildman–Crippen LogP) is 2.60. The molecule has 0 fully saturated rings. The number of nitrogens with zero attached hydrogens (tertiary/aromatic N) is 1. The summed E-state index contributed by atoms with van der Waals surface area (Å²) in [5, 5.41) is 4.22. The molecule has 0 saturated heterocycles. The maximum atomic E-state index is 6.15. The van der Waals surface area contributed by atoms with Crippen molar-refractivity contribution in [3.8, 4) is 28.5 Å². The minimum atomic E-state index is 0.179. The quantitative estimate of drug-likeness (QED) is 0.929. The van der Waals surface area contributed by atoms with Crippen LogP contribution in [0.5, 0.6) is 17.2 Å². The van der Waals surface area contributed by atoms with Gasteiger partial charge in [-0.1, -0.05) is 16.8 Å². The second-order valence-electron chi connectivity index (χ2n) is 3.62. The van der Waals surface area contributed by atoms with Crippen LogP contribution in [0, 0.1) is 0 Å². The summed E-state index contributed by atoms with van der Waals surface area (Å²) in [7, 11) is 4.53. The molecule has 0 atom stereocenters. The minimum absolute atomic E-state index is 0.179. The highest BCUT2D eigenvalue weighted by molar-refractivity contribution is 6.33. The Morgan fingerprint density at radius 1 is 1.11 bits per heavy atom. The van der Waals surface area contributed by atoms with E-state index >= 15 is 0 Å². The van der Waals surface area contributed by atoms with Gasteiger partial charge in [0.15, 0.2) is 17.2 Å². The number of benzene rings is 1. The van der Waals surface area contributed by atoms with Crippen LogP contribution in [0.3, 0.4) is 0 Å². The number of nitrogens with two attached hydrogens (primary N) is 1. The molecule has 0 spiro atoms. The van der Waals surface area contributed by atoms with Crippen LogP contribution in [0.4, 0.5) is 5.88 Å². The third kappa shape index (κ3) is 2.26. The number of hydrogen-bond acceptors (Lipinski definition) is 6. The summed E-state index contributed by atoms with van der Waals surface area (Å²) in [6.07, 6.45) is 0. The summed E-state index contributed by atoms with van der Waals surface area (Å²) in [6.45, 7) is 0. The fourth-order valence-electron chi connectivity index (χ4n) is 1.79. The van der Waals surface area contributed by atoms with Crippen LogP contribution in [0.15, 0.2) is 16.7 Å². The van der Waals surface area contributed by atoms with Crippen molar-refractivity contribution in [1.29, 1.82) is 0 Å². The van der Waals surface area contributed by atoms with Crippen molar-refractivity contribution in [3.05, 3.63) is 17.2 Å². The highest BCUT2D eigenvalue weighted by atomic mass is 35.5. The fourth-order valence-corrected chi connectivity index (χ4v) is 2.06. The summed E-state index contributed by atoms with van der Waals surface area (Å²) in [5.74, 6) is 1.49. The summed E-state index contributed by atoms with van der Waals surface area (Å²) >= 11 is 6.15. The van der Waals surface area contributed by atoms with Gasteiger partial charge in [-0.3, -0.25) is 0 Å². The molecule has 0 aliphatic heterocycles. The van der Waals surface area contributed by atoms with Crippen LogP contribution >= 0.6 is 11.6 Å². The van der Waals surface area contributed by atoms with Gasteiger partial charge in [0.1, 0.15) is 5.69 Å². The standard InChI is InChI=1S/C12H13ClN2O4/c1-16-8-4-6(13)11(17-2)10(12(8)18-3)7-5-9(14)19-15-7/h4-5H,14H2,1-3H3. The molecule has 2 aromatic rings. The molecule has 1 aromatic carbocycles. The molecule has 7 heteroatoms. The van der Waals surface area contributed by atoms with E-state index in [1.54, 1.807) is 12.1 Å². The van der Waals surface area contributed by atoms with E-state index in [0.717, 1.165) is 0 Å². The molecule has 0 unspecified atom stereocenters. The van der Waals surface area contributed by atoms with Crippen LogP contribution in [-0.2, 0) is 0 Å². The van der Waals surface area contributed by atoms with Crippen LogP contribution in [0.25, 0.3) is 11.3 Å². The Balaban J connectivity index is 2.77. The van der Waals surface area contributed by atoms with Crippen LogP contribution < -0.4 is 19.9 Å². The van der Waals surface area contributed by atoms with E-state index in [1.165, 1.54) is 21.3 Å². The van der Waals surface area contributed by atoms with Gasteiger partial charge in [-0.25, -0.2) is 0 Å². The lowest BCUT2D eigenvalue weighted by Crippen LogP contribution is -1.97. The van der Waals surface area contributed by atoms with E-state index < -0.39 is 0 Å². The summed E-state index contributed by atoms with van der Waals surface area (Å²) in [5.41, 5.74) is 6.51. The molecule has 1 aromatic heterocycles. The second kappa shape index (κ2) is 5.27. The van der Waals surface area contributed by atoms with Gasteiger partial charge < -0.3 is 24.5 Å². The van der Waals surface area contributed by atoms with E-state index in [-0.39, 0.29) is 5.88 Å². The molecule has 2 rings (SSSR count). The number of anilines is 1. The molecular formula is C12H13ClN2O4. The molecule has 0 bridgehead atoms. The predicted molar refractivity (Wildman–Crippen MR) is 71.0 cm³/mol. The summed E-state index contributed by atoms with van der Waals surface area (Å²) in [6, 6.07) is 3.16. The summed E-state index contributed by atoms with van der Waals surface area (Å²) < 4.78 is 20.7. The molecule has 6 nitrogen and oxygen atoms in total. The first-order chi connectivity index (χ1) is 9.12. The Kier molecular flexibility index (Phi) is 3.71. The number of nitrogen functional groups attached to an aromatic ring is 1. The molecule has 19 heavy (non-hydrogen) atoms. The van der Waals surface area contributed by atoms with Crippen molar-refractivity contribution >= 4 is 17.5 Å². The van der Waals surface area contributed by atoms with Gasteiger partial charge in [0.05, 0.1) is 31.9 Å². The van der Waals surface area contributed by atoms with Crippen LogP contribution in [0.2, 0.25) is 5.02 Å². The van der Waals surface area contributed by atoms with E-state index in [0.29, 0.717) is 33.5 Å². The van der Waals surface area contributed by atoms with Crippen molar-refractivity contribution in [3.63, 3.8) is 0 Å². The van der Waals surface area contributed by atoms with Gasteiger partial charge in [-0.15, -0.1) is 0 Å². The third-order valence-electron chi connectivity index (χ3n) is 2.57. The Morgan fingerprint density at radius 2 is 1.79 bits per heavy atom. The average molecular weight is 285 g/mol. The second-order valence-corrected chi connectivity index (χ2v) is 4.02. The van der Waals surface area contributed by atoms with Crippen LogP contribution in [-0.4, -0.2) is 26.5 Å². The number of ether oxygens (including phenoxy) is 3. The Hall–Kier alpha value is -2.08. The fraction of sp³-hybridized carbons (Fsp3) is 0.250. The normalized spacial score (nSPS) is 10.3. The van der Waals surface area contributed by atoms with E-state index in [2.05, 4.69) is 5.16 Å². The lowest BCUT2D eigenvalue weighted by molar-refractivity contribution is 0.350.